The molecule has 0 aromatic carbocycles. The highest BCUT2D eigenvalue weighted by molar-refractivity contribution is 8.11. The maximum atomic E-state index is 5.03. The van der Waals surface area contributed by atoms with Gasteiger partial charge in [-0.1, -0.05) is 5.87 Å². The van der Waals surface area contributed by atoms with Crippen LogP contribution < -0.4 is 5.14 Å². The predicted molar refractivity (Wildman–Crippen MR) is 24.8 cm³/mol. The van der Waals surface area contributed by atoms with Crippen LogP contribution in [-0.4, -0.2) is 12.1 Å². The van der Waals surface area contributed by atoms with Gasteiger partial charge in [0.1, 0.15) is 0 Å². The average Bonchev–Trinajstić information content (AvgIpc) is 0.811. The topological polar surface area (TPSA) is 26.0 Å². The molecule has 0 saturated heterocycles. The molecule has 0 rings (SSSR count). The van der Waals surface area contributed by atoms with Gasteiger partial charge in [-0.15, -0.1) is 10.7 Å². The molecule has 0 aliphatic carbocycles. The van der Waals surface area contributed by atoms with Crippen LogP contribution in [0.25, 0.3) is 0 Å². The first-order chi connectivity index (χ1) is 1.73. The van der Waals surface area contributed by atoms with Crippen LogP contribution >= 0.6 is 10.7 Å². The Hall–Kier alpha value is 0.180. The third kappa shape index (κ3) is 93.7. The van der Waals surface area contributed by atoms with Crippen LogP contribution in [0.15, 0.2) is 0 Å². The summed E-state index contributed by atoms with van der Waals surface area (Å²) >= 11 is 0. The molecule has 26 valence electrons. The number of nitrogens with two attached hydrogens (primary N) is 1. The molecule has 0 aromatic heterocycles. The Morgan fingerprint density at radius 3 is 2.00 bits per heavy atom. The quantitative estimate of drug-likeness (QED) is 0.410. The highest BCUT2D eigenvalue weighted by atomic mass is 32.2. The van der Waals surface area contributed by atoms with Crippen LogP contribution in [0.4, 0.5) is 0 Å². The highest BCUT2D eigenvalue weighted by Gasteiger charge is 1.45. The Kier molecular flexibility index (Phi) is 1.56. The van der Waals surface area contributed by atoms with Crippen molar-refractivity contribution < 1.29 is 0 Å². The first kappa shape index (κ1) is 4.18. The fourth-order valence-corrected chi connectivity index (χ4v) is 0. The van der Waals surface area contributed by atoms with Crippen molar-refractivity contribution in [2.24, 2.45) is 5.14 Å². The van der Waals surface area contributed by atoms with Gasteiger partial charge in [0.05, 0.1) is 0 Å². The van der Waals surface area contributed by atoms with E-state index in [1.165, 1.54) is 0 Å². The van der Waals surface area contributed by atoms with Crippen LogP contribution in [-0.2, 0) is 0 Å². The van der Waals surface area contributed by atoms with E-state index in [2.05, 4.69) is 5.87 Å². The summed E-state index contributed by atoms with van der Waals surface area (Å²) in [5.74, 6) is 3.44. The lowest BCUT2D eigenvalue weighted by molar-refractivity contribution is 2.02. The third-order valence-electron chi connectivity index (χ3n) is 0. The van der Waals surface area contributed by atoms with Gasteiger partial charge in [0.25, 0.3) is 0 Å². The largest absolute Gasteiger partial charge is 0.284 e. The number of hydrogen-bond acceptors (Lipinski definition) is 1. The van der Waals surface area contributed by atoms with E-state index in [4.69, 9.17) is 5.14 Å². The summed E-state index contributed by atoms with van der Waals surface area (Å²) < 4.78 is 0. The Labute approximate surface area is 28.9 Å². The molecule has 4 heavy (non-hydrogen) atoms. The minimum absolute atomic E-state index is 0.111. The zero-order chi connectivity index (χ0) is 3.58. The molecule has 0 amide bonds. The van der Waals surface area contributed by atoms with E-state index < -0.39 is 0 Å². The second kappa shape index (κ2) is 1.49. The maximum absolute atomic E-state index is 5.03. The first-order valence-electron chi connectivity index (χ1n) is 0.933. The van der Waals surface area contributed by atoms with Crippen LogP contribution in [0, 0.1) is 0 Å². The van der Waals surface area contributed by atoms with Crippen LogP contribution in [0.3, 0.4) is 0 Å². The molecule has 0 heterocycles. The monoisotopic (exact) mass is 77.0 g/mol. The second-order valence-corrected chi connectivity index (χ2v) is 2.07. The van der Waals surface area contributed by atoms with E-state index in [1.54, 1.807) is 0 Å². The zero-order valence-electron chi connectivity index (χ0n) is 2.69. The second-order valence-electron chi connectivity index (χ2n) is 0.691. The molecule has 0 saturated carbocycles. The molecule has 0 aliphatic rings. The normalized spacial score (nSPS) is 15.5. The van der Waals surface area contributed by atoms with Gasteiger partial charge in [-0.3, -0.25) is 5.14 Å². The maximum Gasteiger partial charge on any atom is -0.0109 e. The molecule has 0 aromatic rings. The molecule has 0 fully saturated rings. The van der Waals surface area contributed by atoms with Crippen molar-refractivity contribution in [3.8, 4) is 0 Å². The minimum atomic E-state index is -0.111. The molecule has 0 spiro atoms. The molecular weight excluding hydrogens is 70.1 g/mol. The SMILES string of the molecule is C=S(C)N. The van der Waals surface area contributed by atoms with Gasteiger partial charge in [0.2, 0.25) is 0 Å². The molecular formula is C2H7NS. The zero-order valence-corrected chi connectivity index (χ0v) is 3.51. The average molecular weight is 77.2 g/mol. The summed E-state index contributed by atoms with van der Waals surface area (Å²) in [4.78, 5) is 0. The van der Waals surface area contributed by atoms with E-state index in [0.717, 1.165) is 0 Å². The van der Waals surface area contributed by atoms with Crippen molar-refractivity contribution in [3.05, 3.63) is 0 Å². The van der Waals surface area contributed by atoms with Crippen molar-refractivity contribution in [1.82, 2.24) is 0 Å². The van der Waals surface area contributed by atoms with Gasteiger partial charge in [-0.25, -0.2) is 0 Å². The van der Waals surface area contributed by atoms with Gasteiger partial charge in [-0.05, 0) is 6.26 Å². The highest BCUT2D eigenvalue weighted by Crippen LogP contribution is 1.76. The fourth-order valence-electron chi connectivity index (χ4n) is 0. The lowest BCUT2D eigenvalue weighted by Crippen LogP contribution is -1.74. The summed E-state index contributed by atoms with van der Waals surface area (Å²) in [7, 11) is -0.111. The third-order valence-corrected chi connectivity index (χ3v) is 0. The summed E-state index contributed by atoms with van der Waals surface area (Å²) in [5, 5.41) is 5.03. The van der Waals surface area contributed by atoms with Gasteiger partial charge < -0.3 is 0 Å². The van der Waals surface area contributed by atoms with E-state index in [1.807, 2.05) is 6.26 Å². The Morgan fingerprint density at radius 1 is 2.00 bits per heavy atom. The first-order valence-corrected chi connectivity index (χ1v) is 2.80. The van der Waals surface area contributed by atoms with E-state index in [0.29, 0.717) is 0 Å². The predicted octanol–water partition coefficient (Wildman–Crippen LogP) is 0.191. The van der Waals surface area contributed by atoms with Crippen molar-refractivity contribution in [2.45, 2.75) is 0 Å². The van der Waals surface area contributed by atoms with Crippen LogP contribution in [0.2, 0.25) is 0 Å². The van der Waals surface area contributed by atoms with Gasteiger partial charge in [0.15, 0.2) is 0 Å². The van der Waals surface area contributed by atoms with Crippen molar-refractivity contribution in [1.29, 1.82) is 0 Å². The smallest absolute Gasteiger partial charge is 0.0109 e. The summed E-state index contributed by atoms with van der Waals surface area (Å²) in [5.41, 5.74) is 0. The number of hydrogen-bond donors (Lipinski definition) is 1. The molecule has 2 heteroatoms. The van der Waals surface area contributed by atoms with Crippen molar-refractivity contribution >= 4 is 16.5 Å². The molecule has 0 aliphatic heterocycles. The Balaban J connectivity index is 2.80. The minimum Gasteiger partial charge on any atom is -0.284 e. The summed E-state index contributed by atoms with van der Waals surface area (Å²) in [6, 6.07) is 0. The lowest BCUT2D eigenvalue weighted by atomic mass is 11.9. The standard InChI is InChI=1S/C2H7NS/c1-4(2)3/h1,3H2,2H3. The molecule has 0 bridgehead atoms. The summed E-state index contributed by atoms with van der Waals surface area (Å²) in [6.07, 6.45) is 1.86. The Morgan fingerprint density at radius 2 is 2.00 bits per heavy atom. The van der Waals surface area contributed by atoms with Crippen LogP contribution in [0.5, 0.6) is 0 Å². The van der Waals surface area contributed by atoms with E-state index >= 15 is 0 Å². The lowest BCUT2D eigenvalue weighted by Gasteiger charge is -1.72. The molecule has 2 N–H and O–H groups in total. The van der Waals surface area contributed by atoms with E-state index in [-0.39, 0.29) is 10.7 Å². The molecule has 1 atom stereocenters. The molecule has 1 nitrogen and oxygen atoms in total. The van der Waals surface area contributed by atoms with E-state index in [9.17, 15) is 0 Å². The van der Waals surface area contributed by atoms with Crippen molar-refractivity contribution in [3.63, 3.8) is 0 Å². The number of rotatable bonds is 0. The Bertz CT molecular complexity index is 29.0. The summed E-state index contributed by atoms with van der Waals surface area (Å²) in [6.45, 7) is 0. The molecule has 0 radical (unpaired) electrons. The van der Waals surface area contributed by atoms with Gasteiger partial charge >= 0.3 is 0 Å². The molecule has 1 unspecified atom stereocenters. The fraction of sp³-hybridized carbons (Fsp3) is 0.500. The van der Waals surface area contributed by atoms with Crippen LogP contribution in [0.1, 0.15) is 0 Å². The van der Waals surface area contributed by atoms with Gasteiger partial charge in [0, 0.05) is 0 Å². The van der Waals surface area contributed by atoms with Gasteiger partial charge in [-0.2, -0.15) is 0 Å². The van der Waals surface area contributed by atoms with Crippen molar-refractivity contribution in [2.75, 3.05) is 6.26 Å².